The largest absolute Gasteiger partial charge is 0.356 e. The van der Waals surface area contributed by atoms with Crippen molar-refractivity contribution in [2.75, 3.05) is 20.0 Å². The summed E-state index contributed by atoms with van der Waals surface area (Å²) in [5.41, 5.74) is 0. The normalized spacial score (nSPS) is 11.1. The molecule has 0 unspecified atom stereocenters. The van der Waals surface area contributed by atoms with Crippen molar-refractivity contribution in [3.63, 3.8) is 0 Å². The molecule has 0 saturated heterocycles. The van der Waals surface area contributed by atoms with Gasteiger partial charge in [-0.05, 0) is 19.3 Å². The summed E-state index contributed by atoms with van der Waals surface area (Å²) in [5, 5.41) is 0.331. The van der Waals surface area contributed by atoms with E-state index < -0.39 is 0 Å². The second-order valence-electron chi connectivity index (χ2n) is 4.43. The fraction of sp³-hybridized carbons (Fsp3) is 0.929. The van der Waals surface area contributed by atoms with E-state index in [9.17, 15) is 4.79 Å². The summed E-state index contributed by atoms with van der Waals surface area (Å²) in [7, 11) is 3.28. The second-order valence-corrected chi connectivity index (χ2v) is 5.58. The fourth-order valence-electron chi connectivity index (χ4n) is 1.71. The van der Waals surface area contributed by atoms with Crippen LogP contribution >= 0.6 is 11.8 Å². The summed E-state index contributed by atoms with van der Waals surface area (Å²) in [6, 6.07) is 0. The summed E-state index contributed by atoms with van der Waals surface area (Å²) >= 11 is 1.45. The lowest BCUT2D eigenvalue weighted by Gasteiger charge is -2.12. The Morgan fingerprint density at radius 3 is 2.33 bits per heavy atom. The number of ether oxygens (including phenoxy) is 2. The van der Waals surface area contributed by atoms with Crippen LogP contribution in [0, 0.1) is 0 Å². The SMILES string of the molecule is CCCCCCCC(=O)SCCCC(OC)OC. The molecular formula is C14H28O3S. The molecule has 0 bridgehead atoms. The third kappa shape index (κ3) is 11.1. The lowest BCUT2D eigenvalue weighted by Crippen LogP contribution is -2.12. The van der Waals surface area contributed by atoms with Gasteiger partial charge in [-0.3, -0.25) is 4.79 Å². The molecule has 0 heterocycles. The van der Waals surface area contributed by atoms with Crippen LogP contribution in [0.25, 0.3) is 0 Å². The molecule has 0 aromatic carbocycles. The third-order valence-corrected chi connectivity index (χ3v) is 3.88. The van der Waals surface area contributed by atoms with Crippen molar-refractivity contribution in [2.24, 2.45) is 0 Å². The molecule has 0 rings (SSSR count). The van der Waals surface area contributed by atoms with Gasteiger partial charge >= 0.3 is 0 Å². The molecule has 0 amide bonds. The van der Waals surface area contributed by atoms with Crippen LogP contribution in [0.1, 0.15) is 58.3 Å². The van der Waals surface area contributed by atoms with Gasteiger partial charge in [-0.25, -0.2) is 0 Å². The van der Waals surface area contributed by atoms with Crippen LogP contribution in [0.4, 0.5) is 0 Å². The first kappa shape index (κ1) is 17.9. The Balaban J connectivity index is 3.31. The molecule has 0 N–H and O–H groups in total. The molecule has 18 heavy (non-hydrogen) atoms. The first-order chi connectivity index (χ1) is 8.74. The van der Waals surface area contributed by atoms with E-state index in [0.717, 1.165) is 31.4 Å². The van der Waals surface area contributed by atoms with Gasteiger partial charge in [-0.2, -0.15) is 0 Å². The summed E-state index contributed by atoms with van der Waals surface area (Å²) in [6.45, 7) is 2.20. The highest BCUT2D eigenvalue weighted by Crippen LogP contribution is 2.14. The van der Waals surface area contributed by atoms with Gasteiger partial charge < -0.3 is 9.47 Å². The minimum Gasteiger partial charge on any atom is -0.356 e. The third-order valence-electron chi connectivity index (χ3n) is 2.86. The molecule has 4 heteroatoms. The number of hydrogen-bond acceptors (Lipinski definition) is 4. The van der Waals surface area contributed by atoms with Crippen molar-refractivity contribution in [3.8, 4) is 0 Å². The van der Waals surface area contributed by atoms with E-state index in [1.807, 2.05) is 0 Å². The number of thioether (sulfide) groups is 1. The number of hydrogen-bond donors (Lipinski definition) is 0. The van der Waals surface area contributed by atoms with Gasteiger partial charge in [-0.15, -0.1) is 0 Å². The van der Waals surface area contributed by atoms with E-state index in [4.69, 9.17) is 9.47 Å². The molecule has 0 aromatic rings. The predicted octanol–water partition coefficient (Wildman–Crippen LogP) is 4.01. The van der Waals surface area contributed by atoms with Gasteiger partial charge in [0.05, 0.1) is 0 Å². The number of methoxy groups -OCH3 is 2. The van der Waals surface area contributed by atoms with Crippen LogP contribution in [0.3, 0.4) is 0 Å². The highest BCUT2D eigenvalue weighted by molar-refractivity contribution is 8.13. The van der Waals surface area contributed by atoms with Gasteiger partial charge in [0.15, 0.2) is 11.4 Å². The van der Waals surface area contributed by atoms with Crippen molar-refractivity contribution in [1.82, 2.24) is 0 Å². The van der Waals surface area contributed by atoms with E-state index in [1.54, 1.807) is 14.2 Å². The molecule has 0 aliphatic heterocycles. The average molecular weight is 276 g/mol. The highest BCUT2D eigenvalue weighted by Gasteiger charge is 2.06. The zero-order valence-electron chi connectivity index (χ0n) is 12.1. The van der Waals surface area contributed by atoms with Gasteiger partial charge in [0, 0.05) is 26.4 Å². The van der Waals surface area contributed by atoms with Crippen LogP contribution in [-0.4, -0.2) is 31.4 Å². The maximum absolute atomic E-state index is 11.6. The van der Waals surface area contributed by atoms with E-state index in [2.05, 4.69) is 6.92 Å². The number of rotatable bonds is 12. The van der Waals surface area contributed by atoms with E-state index in [0.29, 0.717) is 5.12 Å². The first-order valence-corrected chi connectivity index (χ1v) is 7.94. The molecule has 0 aliphatic rings. The molecule has 0 saturated carbocycles. The maximum atomic E-state index is 11.6. The summed E-state index contributed by atoms with van der Waals surface area (Å²) in [6.07, 6.45) is 8.45. The van der Waals surface area contributed by atoms with Crippen molar-refractivity contribution < 1.29 is 14.3 Å². The lowest BCUT2D eigenvalue weighted by atomic mass is 10.1. The van der Waals surface area contributed by atoms with Gasteiger partial charge in [0.1, 0.15) is 0 Å². The van der Waals surface area contributed by atoms with E-state index in [1.165, 1.54) is 37.4 Å². The number of carbonyl (C=O) groups excluding carboxylic acids is 1. The van der Waals surface area contributed by atoms with Crippen molar-refractivity contribution in [2.45, 2.75) is 64.6 Å². The zero-order chi connectivity index (χ0) is 13.6. The highest BCUT2D eigenvalue weighted by atomic mass is 32.2. The van der Waals surface area contributed by atoms with Crippen LogP contribution in [0.15, 0.2) is 0 Å². The Kier molecular flexibility index (Phi) is 13.3. The molecule has 0 aromatic heterocycles. The molecule has 108 valence electrons. The smallest absolute Gasteiger partial charge is 0.188 e. The quantitative estimate of drug-likeness (QED) is 0.398. The minimum atomic E-state index is -0.130. The van der Waals surface area contributed by atoms with Crippen LogP contribution in [-0.2, 0) is 14.3 Å². The molecule has 3 nitrogen and oxygen atoms in total. The van der Waals surface area contributed by atoms with E-state index in [-0.39, 0.29) is 6.29 Å². The first-order valence-electron chi connectivity index (χ1n) is 6.95. The topological polar surface area (TPSA) is 35.5 Å². The van der Waals surface area contributed by atoms with Gasteiger partial charge in [-0.1, -0.05) is 44.4 Å². The monoisotopic (exact) mass is 276 g/mol. The predicted molar refractivity (Wildman–Crippen MR) is 77.9 cm³/mol. The Hall–Kier alpha value is -0.0600. The van der Waals surface area contributed by atoms with Gasteiger partial charge in [0.25, 0.3) is 0 Å². The zero-order valence-corrected chi connectivity index (χ0v) is 12.9. The van der Waals surface area contributed by atoms with Crippen LogP contribution in [0.2, 0.25) is 0 Å². The molecule has 0 fully saturated rings. The Morgan fingerprint density at radius 1 is 1.06 bits per heavy atom. The number of carbonyl (C=O) groups is 1. The molecule has 0 aliphatic carbocycles. The Labute approximate surface area is 116 Å². The Bertz CT molecular complexity index is 193. The van der Waals surface area contributed by atoms with Crippen molar-refractivity contribution in [3.05, 3.63) is 0 Å². The minimum absolute atomic E-state index is 0.130. The maximum Gasteiger partial charge on any atom is 0.188 e. The van der Waals surface area contributed by atoms with Crippen molar-refractivity contribution in [1.29, 1.82) is 0 Å². The molecule has 0 atom stereocenters. The summed E-state index contributed by atoms with van der Waals surface area (Å²) in [4.78, 5) is 11.6. The average Bonchev–Trinajstić information content (AvgIpc) is 2.39. The summed E-state index contributed by atoms with van der Waals surface area (Å²) in [5.74, 6) is 0.872. The lowest BCUT2D eigenvalue weighted by molar-refractivity contribution is -0.111. The van der Waals surface area contributed by atoms with Gasteiger partial charge in [0.2, 0.25) is 0 Å². The second kappa shape index (κ2) is 13.4. The fourth-order valence-corrected chi connectivity index (χ4v) is 2.54. The summed E-state index contributed by atoms with van der Waals surface area (Å²) < 4.78 is 10.2. The molecular weight excluding hydrogens is 248 g/mol. The van der Waals surface area contributed by atoms with E-state index >= 15 is 0 Å². The molecule has 0 radical (unpaired) electrons. The Morgan fingerprint density at radius 2 is 1.72 bits per heavy atom. The standard InChI is InChI=1S/C14H28O3S/c1-4-5-6-7-8-10-13(15)18-12-9-11-14(16-2)17-3/h14H,4-12H2,1-3H3. The van der Waals surface area contributed by atoms with Crippen molar-refractivity contribution >= 4 is 16.9 Å². The van der Waals surface area contributed by atoms with Crippen LogP contribution in [0.5, 0.6) is 0 Å². The van der Waals surface area contributed by atoms with Crippen LogP contribution < -0.4 is 0 Å². The molecule has 0 spiro atoms. The number of unbranched alkanes of at least 4 members (excludes halogenated alkanes) is 4.